The van der Waals surface area contributed by atoms with Crippen LogP contribution in [0.25, 0.3) is 0 Å². The minimum Gasteiger partial charge on any atom is -0.387 e. The van der Waals surface area contributed by atoms with Gasteiger partial charge in [0.15, 0.2) is 0 Å². The lowest BCUT2D eigenvalue weighted by Gasteiger charge is -2.60. The van der Waals surface area contributed by atoms with Crippen LogP contribution in [0.5, 0.6) is 0 Å². The molecule has 3 rings (SSSR count). The smallest absolute Gasteiger partial charge is 0.150 e. The third kappa shape index (κ3) is 2.81. The van der Waals surface area contributed by atoms with Crippen LogP contribution < -0.4 is 5.73 Å². The van der Waals surface area contributed by atoms with Crippen LogP contribution in [0.3, 0.4) is 0 Å². The van der Waals surface area contributed by atoms with Gasteiger partial charge in [-0.2, -0.15) is 0 Å². The van der Waals surface area contributed by atoms with Gasteiger partial charge in [-0.1, -0.05) is 25.0 Å². The molecular formula is C20H32N2O2. The van der Waals surface area contributed by atoms with E-state index < -0.39 is 5.60 Å². The number of carbonyl (C=O) groups is 1. The van der Waals surface area contributed by atoms with Crippen molar-refractivity contribution in [1.82, 2.24) is 4.90 Å². The first kappa shape index (κ1) is 19.1. The van der Waals surface area contributed by atoms with Gasteiger partial charge in [-0.25, -0.2) is 0 Å². The van der Waals surface area contributed by atoms with Crippen molar-refractivity contribution in [3.8, 4) is 0 Å². The number of piperidine rings is 1. The van der Waals surface area contributed by atoms with E-state index in [0.29, 0.717) is 0 Å². The van der Waals surface area contributed by atoms with E-state index in [0.717, 1.165) is 50.5 Å². The summed E-state index contributed by atoms with van der Waals surface area (Å²) in [6, 6.07) is 6.08. The Labute approximate surface area is 146 Å². The van der Waals surface area contributed by atoms with Crippen LogP contribution in [0, 0.1) is 6.92 Å². The van der Waals surface area contributed by atoms with Crippen molar-refractivity contribution in [2.75, 3.05) is 20.6 Å². The maximum atomic E-state index is 11.7. The molecule has 0 radical (unpaired) electrons. The molecule has 1 saturated heterocycles. The third-order valence-electron chi connectivity index (χ3n) is 6.40. The van der Waals surface area contributed by atoms with E-state index in [9.17, 15) is 9.90 Å². The molecule has 2 aliphatic rings. The lowest BCUT2D eigenvalue weighted by Crippen LogP contribution is -2.68. The van der Waals surface area contributed by atoms with Crippen molar-refractivity contribution >= 4 is 6.29 Å². The van der Waals surface area contributed by atoms with Gasteiger partial charge in [-0.15, -0.1) is 0 Å². The number of rotatable bonds is 2. The van der Waals surface area contributed by atoms with Crippen molar-refractivity contribution in [2.45, 2.75) is 63.0 Å². The van der Waals surface area contributed by atoms with E-state index >= 15 is 0 Å². The van der Waals surface area contributed by atoms with Crippen LogP contribution in [0.15, 0.2) is 18.2 Å². The van der Waals surface area contributed by atoms with Gasteiger partial charge >= 0.3 is 0 Å². The van der Waals surface area contributed by atoms with Gasteiger partial charge in [0.25, 0.3) is 0 Å². The Morgan fingerprint density at radius 3 is 2.58 bits per heavy atom. The number of carbonyl (C=O) groups excluding carboxylic acids is 1. The van der Waals surface area contributed by atoms with Gasteiger partial charge < -0.3 is 15.7 Å². The normalized spacial score (nSPS) is 33.2. The van der Waals surface area contributed by atoms with Gasteiger partial charge in [-0.3, -0.25) is 4.79 Å². The standard InChI is InChI=1S/C19H27NO2.CH5N/c1-14-6-7-16(13-21)12-17(14)18-8-4-5-9-19(18,22)15(2)20(3)11-10-18;1-2/h6-7,12-13,15,22H,4-5,8-11H2,1-3H3;2H2,1H3. The Morgan fingerprint density at radius 1 is 1.25 bits per heavy atom. The molecule has 4 heteroatoms. The summed E-state index contributed by atoms with van der Waals surface area (Å²) in [5.41, 5.74) is 6.70. The molecule has 24 heavy (non-hydrogen) atoms. The van der Waals surface area contributed by atoms with E-state index in [1.54, 1.807) is 0 Å². The van der Waals surface area contributed by atoms with E-state index in [-0.39, 0.29) is 11.5 Å². The highest BCUT2D eigenvalue weighted by Crippen LogP contribution is 2.54. The van der Waals surface area contributed by atoms with Crippen molar-refractivity contribution < 1.29 is 9.90 Å². The Bertz CT molecular complexity index is 589. The number of fused-ring (bicyclic) bond motifs is 1. The summed E-state index contributed by atoms with van der Waals surface area (Å²) in [6.07, 6.45) is 5.99. The minimum absolute atomic E-state index is 0.140. The molecule has 0 aromatic heterocycles. The second-order valence-corrected chi connectivity index (χ2v) is 7.31. The Hall–Kier alpha value is -1.23. The summed E-state index contributed by atoms with van der Waals surface area (Å²) >= 11 is 0. The first-order valence-electron chi connectivity index (χ1n) is 9.01. The maximum absolute atomic E-state index is 11.7. The molecule has 3 unspecified atom stereocenters. The molecule has 3 atom stereocenters. The number of aliphatic hydroxyl groups is 1. The molecule has 134 valence electrons. The number of benzene rings is 1. The van der Waals surface area contributed by atoms with Crippen molar-refractivity contribution in [1.29, 1.82) is 0 Å². The van der Waals surface area contributed by atoms with E-state index in [2.05, 4.69) is 31.5 Å². The topological polar surface area (TPSA) is 66.6 Å². The summed E-state index contributed by atoms with van der Waals surface area (Å²) in [5.74, 6) is 0. The molecule has 4 nitrogen and oxygen atoms in total. The number of nitrogens with two attached hydrogens (primary N) is 1. The number of nitrogens with zero attached hydrogens (tertiary/aromatic N) is 1. The minimum atomic E-state index is -0.704. The second kappa shape index (κ2) is 7.34. The van der Waals surface area contributed by atoms with Gasteiger partial charge in [0.1, 0.15) is 6.29 Å². The summed E-state index contributed by atoms with van der Waals surface area (Å²) < 4.78 is 0. The number of likely N-dealkylation sites (N-methyl/N-ethyl adjacent to an activating group) is 1. The molecular weight excluding hydrogens is 300 g/mol. The number of hydrogen-bond acceptors (Lipinski definition) is 4. The molecule has 1 aliphatic heterocycles. The average molecular weight is 332 g/mol. The second-order valence-electron chi connectivity index (χ2n) is 7.31. The van der Waals surface area contributed by atoms with Crippen molar-refractivity contribution in [3.05, 3.63) is 34.9 Å². The zero-order chi connectivity index (χ0) is 18.0. The van der Waals surface area contributed by atoms with Gasteiger partial charge in [0, 0.05) is 17.0 Å². The number of likely N-dealkylation sites (tertiary alicyclic amines) is 1. The van der Waals surface area contributed by atoms with Gasteiger partial charge in [0.2, 0.25) is 0 Å². The summed E-state index contributed by atoms with van der Waals surface area (Å²) in [7, 11) is 3.61. The van der Waals surface area contributed by atoms with E-state index in [4.69, 9.17) is 0 Å². The number of aldehydes is 1. The van der Waals surface area contributed by atoms with Crippen LogP contribution in [0.1, 0.15) is 60.5 Å². The molecule has 1 heterocycles. The predicted molar refractivity (Wildman–Crippen MR) is 98.5 cm³/mol. The average Bonchev–Trinajstić information content (AvgIpc) is 2.61. The third-order valence-corrected chi connectivity index (χ3v) is 6.40. The van der Waals surface area contributed by atoms with Crippen LogP contribution in [0.4, 0.5) is 0 Å². The maximum Gasteiger partial charge on any atom is 0.150 e. The highest BCUT2D eigenvalue weighted by Gasteiger charge is 2.58. The molecule has 1 saturated carbocycles. The Morgan fingerprint density at radius 2 is 1.92 bits per heavy atom. The summed E-state index contributed by atoms with van der Waals surface area (Å²) in [5, 5.41) is 11.7. The zero-order valence-corrected chi connectivity index (χ0v) is 15.5. The Kier molecular flexibility index (Phi) is 5.84. The van der Waals surface area contributed by atoms with Crippen molar-refractivity contribution in [2.24, 2.45) is 5.73 Å². The lowest BCUT2D eigenvalue weighted by molar-refractivity contribution is -0.148. The molecule has 2 fully saturated rings. The number of hydrogen-bond donors (Lipinski definition) is 2. The fourth-order valence-electron chi connectivity index (χ4n) is 4.88. The highest BCUT2D eigenvalue weighted by molar-refractivity contribution is 5.75. The fourth-order valence-corrected chi connectivity index (χ4v) is 4.88. The first-order valence-corrected chi connectivity index (χ1v) is 9.01. The van der Waals surface area contributed by atoms with Crippen molar-refractivity contribution in [3.63, 3.8) is 0 Å². The number of aryl methyl sites for hydroxylation is 1. The van der Waals surface area contributed by atoms with E-state index in [1.165, 1.54) is 18.2 Å². The lowest BCUT2D eigenvalue weighted by atomic mass is 9.53. The zero-order valence-electron chi connectivity index (χ0n) is 15.5. The fraction of sp³-hybridized carbons (Fsp3) is 0.650. The molecule has 1 aliphatic carbocycles. The highest BCUT2D eigenvalue weighted by atomic mass is 16.3. The summed E-state index contributed by atoms with van der Waals surface area (Å²) in [6.45, 7) is 5.25. The van der Waals surface area contributed by atoms with Crippen LogP contribution >= 0.6 is 0 Å². The monoisotopic (exact) mass is 332 g/mol. The van der Waals surface area contributed by atoms with Crippen LogP contribution in [-0.2, 0) is 5.41 Å². The van der Waals surface area contributed by atoms with Crippen LogP contribution in [0.2, 0.25) is 0 Å². The largest absolute Gasteiger partial charge is 0.387 e. The van der Waals surface area contributed by atoms with Gasteiger partial charge in [0.05, 0.1) is 5.60 Å². The molecule has 0 spiro atoms. The van der Waals surface area contributed by atoms with Gasteiger partial charge in [-0.05, 0) is 70.9 Å². The predicted octanol–water partition coefficient (Wildman–Crippen LogP) is 2.65. The molecule has 1 aromatic rings. The SMILES string of the molecule is CN.Cc1ccc(C=O)cc1C12CCCCC1(O)C(C)N(C)CC2. The summed E-state index contributed by atoms with van der Waals surface area (Å²) in [4.78, 5) is 13.5. The van der Waals surface area contributed by atoms with Crippen LogP contribution in [-0.4, -0.2) is 48.6 Å². The molecule has 3 N–H and O–H groups in total. The molecule has 0 amide bonds. The molecule has 0 bridgehead atoms. The Balaban J connectivity index is 0.00000100. The quantitative estimate of drug-likeness (QED) is 0.817. The van der Waals surface area contributed by atoms with E-state index in [1.807, 2.05) is 18.2 Å². The first-order chi connectivity index (χ1) is 11.4. The molecule has 1 aromatic carbocycles.